The van der Waals surface area contributed by atoms with Gasteiger partial charge in [0.1, 0.15) is 40.8 Å². The molecule has 0 radical (unpaired) electrons. The van der Waals surface area contributed by atoms with Gasteiger partial charge in [0.2, 0.25) is 17.4 Å². The molecular formula is C32H28F4N4O6. The minimum atomic E-state index is -5.36. The highest BCUT2D eigenvalue weighted by Gasteiger charge is 2.57. The predicted octanol–water partition coefficient (Wildman–Crippen LogP) is 4.71. The van der Waals surface area contributed by atoms with Crippen molar-refractivity contribution in [3.05, 3.63) is 83.1 Å². The number of alkyl halides is 3. The van der Waals surface area contributed by atoms with E-state index in [1.807, 2.05) is 0 Å². The Morgan fingerprint density at radius 2 is 1.87 bits per heavy atom. The molecule has 1 aliphatic carbocycles. The van der Waals surface area contributed by atoms with E-state index in [9.17, 15) is 32.3 Å². The lowest BCUT2D eigenvalue weighted by molar-refractivity contribution is -0.265. The number of primary amides is 1. The van der Waals surface area contributed by atoms with Crippen molar-refractivity contribution in [3.8, 4) is 34.2 Å². The van der Waals surface area contributed by atoms with Gasteiger partial charge in [-0.1, -0.05) is 0 Å². The fourth-order valence-corrected chi connectivity index (χ4v) is 5.03. The summed E-state index contributed by atoms with van der Waals surface area (Å²) >= 11 is 0. The molecule has 1 unspecified atom stereocenters. The molecule has 10 nitrogen and oxygen atoms in total. The van der Waals surface area contributed by atoms with E-state index >= 15 is 0 Å². The Morgan fingerprint density at radius 3 is 2.48 bits per heavy atom. The lowest BCUT2D eigenvalue weighted by Gasteiger charge is -2.31. The Kier molecular flexibility index (Phi) is 7.50. The summed E-state index contributed by atoms with van der Waals surface area (Å²) < 4.78 is 75.1. The first-order valence-electron chi connectivity index (χ1n) is 14.2. The standard InChI is InChI=1S/C32H28F4N4O6/c1-16-13-38-28(45-16)21-10-5-18(11-23(21)46-20-8-9-20)27(41)39-14-31(43,32(34,35)36)24-12-22-26(44-15-30(22,2)29(37)42)25(40-24)17-3-6-19(33)7-4-17/h3-7,10-13,20,43H,8-9,14-15H2,1-2H3,(H2,37,42)(H,39,41)/t30-,31?/m0/s1. The van der Waals surface area contributed by atoms with Crippen LogP contribution in [-0.4, -0.2) is 52.3 Å². The molecule has 2 aliphatic rings. The largest absolute Gasteiger partial charge is 0.490 e. The van der Waals surface area contributed by atoms with Crippen LogP contribution in [0.5, 0.6) is 11.5 Å². The number of aromatic nitrogens is 2. The molecule has 0 bridgehead atoms. The average molecular weight is 641 g/mol. The minimum Gasteiger partial charge on any atom is -0.490 e. The Morgan fingerprint density at radius 1 is 1.15 bits per heavy atom. The zero-order chi connectivity index (χ0) is 33.0. The molecule has 4 aromatic rings. The van der Waals surface area contributed by atoms with Gasteiger partial charge in [0, 0.05) is 16.7 Å². The zero-order valence-electron chi connectivity index (χ0n) is 24.6. The van der Waals surface area contributed by atoms with Gasteiger partial charge in [-0.3, -0.25) is 9.59 Å². The molecule has 1 fully saturated rings. The molecule has 6 rings (SSSR count). The number of amides is 2. The molecule has 14 heteroatoms. The van der Waals surface area contributed by atoms with Gasteiger partial charge < -0.3 is 30.0 Å². The van der Waals surface area contributed by atoms with E-state index < -0.39 is 47.1 Å². The van der Waals surface area contributed by atoms with E-state index in [0.717, 1.165) is 31.0 Å². The normalized spacial score (nSPS) is 18.8. The summed E-state index contributed by atoms with van der Waals surface area (Å²) in [5, 5.41) is 13.4. The summed E-state index contributed by atoms with van der Waals surface area (Å²) in [6.07, 6.45) is -2.34. The van der Waals surface area contributed by atoms with Crippen LogP contribution in [0.1, 0.15) is 47.1 Å². The number of rotatable bonds is 9. The number of nitrogens with one attached hydrogen (secondary N) is 1. The number of aliphatic hydroxyl groups is 1. The maximum absolute atomic E-state index is 14.7. The number of hydrogen-bond donors (Lipinski definition) is 3. The van der Waals surface area contributed by atoms with Crippen LogP contribution >= 0.6 is 0 Å². The number of benzene rings is 2. The highest BCUT2D eigenvalue weighted by molar-refractivity contribution is 5.95. The van der Waals surface area contributed by atoms with Crippen molar-refractivity contribution in [2.75, 3.05) is 13.2 Å². The second-order valence-corrected chi connectivity index (χ2v) is 11.6. The summed E-state index contributed by atoms with van der Waals surface area (Å²) in [6.45, 7) is 1.45. The van der Waals surface area contributed by atoms with Gasteiger partial charge in [-0.25, -0.2) is 14.4 Å². The molecule has 3 heterocycles. The number of fused-ring (bicyclic) bond motifs is 1. The van der Waals surface area contributed by atoms with E-state index in [1.165, 1.54) is 43.5 Å². The Hall–Kier alpha value is -4.98. The van der Waals surface area contributed by atoms with E-state index in [4.69, 9.17) is 19.6 Å². The summed E-state index contributed by atoms with van der Waals surface area (Å²) in [7, 11) is 0. The fourth-order valence-electron chi connectivity index (χ4n) is 5.03. The molecule has 0 spiro atoms. The average Bonchev–Trinajstić information content (AvgIpc) is 3.62. The number of hydrogen-bond acceptors (Lipinski definition) is 8. The van der Waals surface area contributed by atoms with Crippen molar-refractivity contribution in [1.29, 1.82) is 0 Å². The topological polar surface area (TPSA) is 150 Å². The van der Waals surface area contributed by atoms with Crippen molar-refractivity contribution in [1.82, 2.24) is 15.3 Å². The number of aryl methyl sites for hydroxylation is 1. The number of nitrogens with two attached hydrogens (primary N) is 1. The predicted molar refractivity (Wildman–Crippen MR) is 154 cm³/mol. The van der Waals surface area contributed by atoms with Gasteiger partial charge in [0.25, 0.3) is 5.91 Å². The van der Waals surface area contributed by atoms with Crippen molar-refractivity contribution in [2.45, 2.75) is 50.0 Å². The van der Waals surface area contributed by atoms with Crippen molar-refractivity contribution in [2.24, 2.45) is 5.73 Å². The zero-order valence-corrected chi connectivity index (χ0v) is 24.6. The number of carbonyl (C=O) groups is 2. The molecular weight excluding hydrogens is 612 g/mol. The summed E-state index contributed by atoms with van der Waals surface area (Å²) in [6, 6.07) is 9.82. The monoisotopic (exact) mass is 640 g/mol. The summed E-state index contributed by atoms with van der Waals surface area (Å²) in [5.41, 5.74) is -0.279. The van der Waals surface area contributed by atoms with Crippen LogP contribution in [0.4, 0.5) is 17.6 Å². The molecule has 1 saturated carbocycles. The Labute approximate surface area is 259 Å². The maximum atomic E-state index is 14.7. The first kappa shape index (κ1) is 31.0. The molecule has 2 aromatic heterocycles. The number of carbonyl (C=O) groups excluding carboxylic acids is 2. The highest BCUT2D eigenvalue weighted by atomic mass is 19.4. The van der Waals surface area contributed by atoms with Gasteiger partial charge in [0.05, 0.1) is 30.1 Å². The maximum Gasteiger partial charge on any atom is 0.424 e. The summed E-state index contributed by atoms with van der Waals surface area (Å²) in [4.78, 5) is 34.0. The lowest BCUT2D eigenvalue weighted by Crippen LogP contribution is -2.51. The molecule has 1 aliphatic heterocycles. The van der Waals surface area contributed by atoms with Crippen molar-refractivity contribution >= 4 is 11.8 Å². The third-order valence-electron chi connectivity index (χ3n) is 8.05. The van der Waals surface area contributed by atoms with Crippen LogP contribution in [0.25, 0.3) is 22.7 Å². The SMILES string of the molecule is Cc1cnc(-c2ccc(C(=O)NCC(O)(c3cc4c(c(-c5ccc(F)cc5)n3)OC[C@]4(C)C(N)=O)C(F)(F)F)cc2OC2CC2)o1. The molecule has 2 aromatic carbocycles. The van der Waals surface area contributed by atoms with Crippen LogP contribution in [0, 0.1) is 12.7 Å². The molecule has 240 valence electrons. The number of nitrogens with zero attached hydrogens (tertiary/aromatic N) is 2. The molecule has 4 N–H and O–H groups in total. The van der Waals surface area contributed by atoms with Gasteiger partial charge in [0.15, 0.2) is 0 Å². The quantitative estimate of drug-likeness (QED) is 0.223. The first-order valence-corrected chi connectivity index (χ1v) is 14.2. The van der Waals surface area contributed by atoms with Crippen LogP contribution in [-0.2, 0) is 15.8 Å². The summed E-state index contributed by atoms with van der Waals surface area (Å²) in [5.74, 6) is -1.41. The van der Waals surface area contributed by atoms with Crippen molar-refractivity contribution < 1.29 is 46.1 Å². The van der Waals surface area contributed by atoms with E-state index in [2.05, 4.69) is 15.3 Å². The number of oxazole rings is 1. The van der Waals surface area contributed by atoms with E-state index in [0.29, 0.717) is 11.3 Å². The van der Waals surface area contributed by atoms with E-state index in [1.54, 1.807) is 6.92 Å². The van der Waals surface area contributed by atoms with Gasteiger partial charge in [-0.15, -0.1) is 0 Å². The highest BCUT2D eigenvalue weighted by Crippen LogP contribution is 2.48. The number of halogens is 4. The molecule has 46 heavy (non-hydrogen) atoms. The first-order chi connectivity index (χ1) is 21.7. The Balaban J connectivity index is 1.37. The lowest BCUT2D eigenvalue weighted by atomic mass is 9.81. The molecule has 2 amide bonds. The van der Waals surface area contributed by atoms with Crippen LogP contribution in [0.3, 0.4) is 0 Å². The van der Waals surface area contributed by atoms with Crippen molar-refractivity contribution in [3.63, 3.8) is 0 Å². The minimum absolute atomic E-state index is 0.0326. The second-order valence-electron chi connectivity index (χ2n) is 11.6. The fraction of sp³-hybridized carbons (Fsp3) is 0.312. The molecule has 0 saturated heterocycles. The third kappa shape index (κ3) is 5.53. The van der Waals surface area contributed by atoms with Crippen LogP contribution in [0.15, 0.2) is 59.1 Å². The molecule has 2 atom stereocenters. The van der Waals surface area contributed by atoms with Gasteiger partial charge in [-0.2, -0.15) is 13.2 Å². The van der Waals surface area contributed by atoms with Gasteiger partial charge >= 0.3 is 6.18 Å². The number of pyridine rings is 1. The van der Waals surface area contributed by atoms with Crippen LogP contribution in [0.2, 0.25) is 0 Å². The Bertz CT molecular complexity index is 1840. The van der Waals surface area contributed by atoms with Gasteiger partial charge in [-0.05, 0) is 75.2 Å². The van der Waals surface area contributed by atoms with E-state index in [-0.39, 0.29) is 52.5 Å². The second kappa shape index (κ2) is 11.1. The van der Waals surface area contributed by atoms with Crippen LogP contribution < -0.4 is 20.5 Å². The third-order valence-corrected chi connectivity index (χ3v) is 8.05. The smallest absolute Gasteiger partial charge is 0.424 e. The number of ether oxygens (including phenoxy) is 2.